The maximum atomic E-state index is 13.1. The molecule has 3 atom stereocenters. The number of ether oxygens (including phenoxy) is 6. The second-order valence-corrected chi connectivity index (χ2v) is 8.52. The van der Waals surface area contributed by atoms with E-state index in [2.05, 4.69) is 10.3 Å². The number of methoxy groups -OCH3 is 2. The SMILES string of the molecule is COc1ccccc1[C@@H](Oc1ccccc1)[C@H](C)OC(=O)[C@H](C)NC(=O)c1nccc(OC)c1OCOC(C)=O. The van der Waals surface area contributed by atoms with E-state index in [0.717, 1.165) is 0 Å². The van der Waals surface area contributed by atoms with Crippen LogP contribution in [0.15, 0.2) is 66.9 Å². The van der Waals surface area contributed by atoms with Crippen molar-refractivity contribution < 1.29 is 42.8 Å². The number of aromatic nitrogens is 1. The molecular formula is C29H32N2O9. The number of hydrogen-bond donors (Lipinski definition) is 1. The number of para-hydroxylation sites is 2. The average Bonchev–Trinajstić information content (AvgIpc) is 2.96. The molecule has 3 aromatic rings. The first-order valence-electron chi connectivity index (χ1n) is 12.4. The predicted octanol–water partition coefficient (Wildman–Crippen LogP) is 3.87. The van der Waals surface area contributed by atoms with Crippen molar-refractivity contribution in [3.63, 3.8) is 0 Å². The minimum atomic E-state index is -1.07. The van der Waals surface area contributed by atoms with E-state index in [-0.39, 0.29) is 17.2 Å². The Labute approximate surface area is 232 Å². The molecule has 1 aromatic heterocycles. The summed E-state index contributed by atoms with van der Waals surface area (Å²) in [5.74, 6) is -0.717. The van der Waals surface area contributed by atoms with Gasteiger partial charge >= 0.3 is 11.9 Å². The molecule has 0 aliphatic carbocycles. The summed E-state index contributed by atoms with van der Waals surface area (Å²) in [6.45, 7) is 3.92. The van der Waals surface area contributed by atoms with Crippen LogP contribution in [0.25, 0.3) is 0 Å². The second-order valence-electron chi connectivity index (χ2n) is 8.52. The first-order valence-corrected chi connectivity index (χ1v) is 12.4. The number of esters is 2. The van der Waals surface area contributed by atoms with Gasteiger partial charge in [-0.25, -0.2) is 9.78 Å². The van der Waals surface area contributed by atoms with Crippen molar-refractivity contribution in [2.75, 3.05) is 21.0 Å². The summed E-state index contributed by atoms with van der Waals surface area (Å²) in [7, 11) is 2.93. The molecular weight excluding hydrogens is 520 g/mol. The first-order chi connectivity index (χ1) is 19.2. The number of nitrogens with one attached hydrogen (secondary N) is 1. The Morgan fingerprint density at radius 3 is 2.25 bits per heavy atom. The van der Waals surface area contributed by atoms with Gasteiger partial charge in [0.15, 0.2) is 23.3 Å². The van der Waals surface area contributed by atoms with E-state index >= 15 is 0 Å². The number of rotatable bonds is 13. The van der Waals surface area contributed by atoms with E-state index in [1.807, 2.05) is 36.4 Å². The van der Waals surface area contributed by atoms with Crippen molar-refractivity contribution in [1.82, 2.24) is 10.3 Å². The lowest BCUT2D eigenvalue weighted by Gasteiger charge is -2.27. The molecule has 0 fully saturated rings. The third-order valence-corrected chi connectivity index (χ3v) is 5.65. The summed E-state index contributed by atoms with van der Waals surface area (Å²) in [6.07, 6.45) is -0.149. The lowest BCUT2D eigenvalue weighted by Crippen LogP contribution is -2.42. The third kappa shape index (κ3) is 7.85. The van der Waals surface area contributed by atoms with Gasteiger partial charge < -0.3 is 33.7 Å². The van der Waals surface area contributed by atoms with Crippen LogP contribution in [-0.4, -0.2) is 56.0 Å². The molecule has 0 aliphatic rings. The molecule has 0 radical (unpaired) electrons. The van der Waals surface area contributed by atoms with Gasteiger partial charge in [0.2, 0.25) is 6.79 Å². The molecule has 1 N–H and O–H groups in total. The van der Waals surface area contributed by atoms with Crippen molar-refractivity contribution in [3.8, 4) is 23.0 Å². The van der Waals surface area contributed by atoms with E-state index in [1.54, 1.807) is 32.2 Å². The molecule has 2 aromatic carbocycles. The Bertz CT molecular complexity index is 1300. The van der Waals surface area contributed by atoms with Gasteiger partial charge in [0.1, 0.15) is 23.6 Å². The van der Waals surface area contributed by atoms with E-state index < -0.39 is 42.9 Å². The van der Waals surface area contributed by atoms with Gasteiger partial charge in [-0.2, -0.15) is 0 Å². The molecule has 212 valence electrons. The number of benzene rings is 2. The number of carbonyl (C=O) groups is 3. The Balaban J connectivity index is 1.75. The van der Waals surface area contributed by atoms with Crippen LogP contribution in [0, 0.1) is 0 Å². The van der Waals surface area contributed by atoms with Crippen LogP contribution in [0.3, 0.4) is 0 Å². The summed E-state index contributed by atoms with van der Waals surface area (Å²) < 4.78 is 32.9. The summed E-state index contributed by atoms with van der Waals surface area (Å²) in [5, 5.41) is 2.56. The van der Waals surface area contributed by atoms with E-state index in [0.29, 0.717) is 17.1 Å². The largest absolute Gasteiger partial charge is 0.496 e. The van der Waals surface area contributed by atoms with Crippen molar-refractivity contribution >= 4 is 17.8 Å². The van der Waals surface area contributed by atoms with E-state index in [4.69, 9.17) is 28.4 Å². The molecule has 0 spiro atoms. The van der Waals surface area contributed by atoms with Crippen LogP contribution in [-0.2, 0) is 19.1 Å². The zero-order valence-electron chi connectivity index (χ0n) is 22.9. The van der Waals surface area contributed by atoms with E-state index in [9.17, 15) is 14.4 Å². The number of hydrogen-bond acceptors (Lipinski definition) is 10. The topological polar surface area (TPSA) is 132 Å². The molecule has 0 saturated carbocycles. The zero-order chi connectivity index (χ0) is 29.1. The summed E-state index contributed by atoms with van der Waals surface area (Å²) >= 11 is 0. The normalized spacial score (nSPS) is 12.7. The van der Waals surface area contributed by atoms with Gasteiger partial charge in [-0.1, -0.05) is 36.4 Å². The van der Waals surface area contributed by atoms with Crippen LogP contribution < -0.4 is 24.3 Å². The van der Waals surface area contributed by atoms with Gasteiger partial charge in [0.25, 0.3) is 5.91 Å². The van der Waals surface area contributed by atoms with Gasteiger partial charge in [-0.05, 0) is 32.0 Å². The van der Waals surface area contributed by atoms with Gasteiger partial charge in [-0.15, -0.1) is 0 Å². The molecule has 1 amide bonds. The monoisotopic (exact) mass is 552 g/mol. The van der Waals surface area contributed by atoms with Crippen LogP contribution >= 0.6 is 0 Å². The number of amides is 1. The van der Waals surface area contributed by atoms with Crippen molar-refractivity contribution in [1.29, 1.82) is 0 Å². The minimum absolute atomic E-state index is 0.0508. The molecule has 11 heteroatoms. The molecule has 0 aliphatic heterocycles. The Kier molecular flexibility index (Phi) is 10.7. The molecule has 0 unspecified atom stereocenters. The van der Waals surface area contributed by atoms with Crippen molar-refractivity contribution in [2.24, 2.45) is 0 Å². The smallest absolute Gasteiger partial charge is 0.328 e. The average molecular weight is 553 g/mol. The highest BCUT2D eigenvalue weighted by Crippen LogP contribution is 2.33. The third-order valence-electron chi connectivity index (χ3n) is 5.65. The van der Waals surface area contributed by atoms with Crippen LogP contribution in [0.2, 0.25) is 0 Å². The Hall–Kier alpha value is -4.80. The molecule has 1 heterocycles. The standard InChI is InChI=1S/C29H32N2O9/c1-18(31-28(33)25-27(38-17-37-20(3)32)24(36-5)15-16-30-25)29(34)39-19(2)26(40-21-11-7-6-8-12-21)22-13-9-10-14-23(22)35-4/h6-16,18-19,26H,17H2,1-5H3,(H,31,33)/t18-,19-,26-/m0/s1. The minimum Gasteiger partial charge on any atom is -0.496 e. The summed E-state index contributed by atoms with van der Waals surface area (Å²) in [5.41, 5.74) is 0.513. The molecule has 40 heavy (non-hydrogen) atoms. The van der Waals surface area contributed by atoms with Crippen molar-refractivity contribution in [2.45, 2.75) is 39.0 Å². The number of carbonyl (C=O) groups excluding carboxylic acids is 3. The fourth-order valence-corrected chi connectivity index (χ4v) is 3.69. The van der Waals surface area contributed by atoms with Crippen LogP contribution in [0.1, 0.15) is 42.9 Å². The van der Waals surface area contributed by atoms with Crippen LogP contribution in [0.4, 0.5) is 0 Å². The maximum absolute atomic E-state index is 13.1. The van der Waals surface area contributed by atoms with Crippen molar-refractivity contribution in [3.05, 3.63) is 78.1 Å². The van der Waals surface area contributed by atoms with Gasteiger partial charge in [0.05, 0.1) is 14.2 Å². The maximum Gasteiger partial charge on any atom is 0.328 e. The fraction of sp³-hybridized carbons (Fsp3) is 0.310. The van der Waals surface area contributed by atoms with Crippen LogP contribution in [0.5, 0.6) is 23.0 Å². The zero-order valence-corrected chi connectivity index (χ0v) is 22.9. The summed E-state index contributed by atoms with van der Waals surface area (Å²) in [6, 6.07) is 16.8. The van der Waals surface area contributed by atoms with Gasteiger partial charge in [-0.3, -0.25) is 9.59 Å². The lowest BCUT2D eigenvalue weighted by molar-refractivity contribution is -0.155. The number of nitrogens with zero attached hydrogens (tertiary/aromatic N) is 1. The highest BCUT2D eigenvalue weighted by Gasteiger charge is 2.30. The Morgan fingerprint density at radius 2 is 1.57 bits per heavy atom. The Morgan fingerprint density at radius 1 is 0.900 bits per heavy atom. The molecule has 3 rings (SSSR count). The predicted molar refractivity (Wildman–Crippen MR) is 143 cm³/mol. The highest BCUT2D eigenvalue weighted by molar-refractivity contribution is 5.98. The fourth-order valence-electron chi connectivity index (χ4n) is 3.69. The second kappa shape index (κ2) is 14.4. The molecule has 11 nitrogen and oxygen atoms in total. The lowest BCUT2D eigenvalue weighted by atomic mass is 10.0. The summed E-state index contributed by atoms with van der Waals surface area (Å²) in [4.78, 5) is 41.3. The molecule has 0 bridgehead atoms. The quantitative estimate of drug-likeness (QED) is 0.246. The van der Waals surface area contributed by atoms with Gasteiger partial charge in [0, 0.05) is 24.8 Å². The molecule has 0 saturated heterocycles. The number of pyridine rings is 1. The highest BCUT2D eigenvalue weighted by atomic mass is 16.7. The van der Waals surface area contributed by atoms with E-state index in [1.165, 1.54) is 33.2 Å². The first kappa shape index (κ1) is 29.8.